The Balaban J connectivity index is 1.64. The van der Waals surface area contributed by atoms with Gasteiger partial charge in [0.2, 0.25) is 5.91 Å². The molecule has 2 N–H and O–H groups in total. The smallest absolute Gasteiger partial charge is 0.255 e. The van der Waals surface area contributed by atoms with Crippen LogP contribution in [0.1, 0.15) is 37.6 Å². The molecule has 0 saturated carbocycles. The van der Waals surface area contributed by atoms with E-state index in [1.54, 1.807) is 13.0 Å². The molecule has 0 radical (unpaired) electrons. The van der Waals surface area contributed by atoms with E-state index in [1.165, 1.54) is 18.9 Å². The van der Waals surface area contributed by atoms with Gasteiger partial charge in [0, 0.05) is 37.9 Å². The van der Waals surface area contributed by atoms with E-state index in [1.807, 2.05) is 25.1 Å². The first-order chi connectivity index (χ1) is 15.0. The Bertz CT molecular complexity index is 860. The molecule has 1 aliphatic heterocycles. The minimum absolute atomic E-state index is 0.321. The number of rotatable bonds is 9. The molecule has 8 heteroatoms. The normalized spacial score (nSPS) is 15.4. The number of ether oxygens (including phenoxy) is 1. The van der Waals surface area contributed by atoms with Crippen LogP contribution in [0.2, 0.25) is 0 Å². The predicted octanol–water partition coefficient (Wildman–Crippen LogP) is 2.97. The van der Waals surface area contributed by atoms with Gasteiger partial charge in [-0.1, -0.05) is 6.92 Å². The molecule has 31 heavy (non-hydrogen) atoms. The Labute approximate surface area is 183 Å². The Hall–Kier alpha value is -3.00. The Kier molecular flexibility index (Phi) is 7.94. The summed E-state index contributed by atoms with van der Waals surface area (Å²) in [5, 5.41) is 5.54. The van der Waals surface area contributed by atoms with Gasteiger partial charge in [-0.3, -0.25) is 14.5 Å². The van der Waals surface area contributed by atoms with Crippen LogP contribution < -0.4 is 20.3 Å². The first kappa shape index (κ1) is 22.7. The summed E-state index contributed by atoms with van der Waals surface area (Å²) in [7, 11) is 0. The van der Waals surface area contributed by atoms with Gasteiger partial charge in [-0.15, -0.1) is 0 Å². The summed E-state index contributed by atoms with van der Waals surface area (Å²) in [6, 6.07) is 6.67. The molecule has 2 amide bonds. The van der Waals surface area contributed by atoms with Gasteiger partial charge < -0.3 is 24.7 Å². The fourth-order valence-corrected chi connectivity index (χ4v) is 3.61. The van der Waals surface area contributed by atoms with Gasteiger partial charge in [0.1, 0.15) is 18.1 Å². The largest absolute Gasteiger partial charge is 0.492 e. The highest BCUT2D eigenvalue weighted by atomic mass is 16.5. The molecule has 1 aromatic heterocycles. The van der Waals surface area contributed by atoms with E-state index in [-0.39, 0.29) is 11.8 Å². The summed E-state index contributed by atoms with van der Waals surface area (Å²) in [5.74, 6) is -0.0598. The molecule has 3 rings (SSSR count). The predicted molar refractivity (Wildman–Crippen MR) is 121 cm³/mol. The molecular formula is C23H32N4O4. The fraction of sp³-hybridized carbons (Fsp3) is 0.478. The lowest BCUT2D eigenvalue weighted by Gasteiger charge is -2.36. The van der Waals surface area contributed by atoms with Crippen molar-refractivity contribution in [2.75, 3.05) is 49.5 Å². The van der Waals surface area contributed by atoms with Gasteiger partial charge in [-0.2, -0.15) is 0 Å². The van der Waals surface area contributed by atoms with Crippen LogP contribution in [0.3, 0.4) is 0 Å². The third kappa shape index (κ3) is 6.01. The second-order valence-corrected chi connectivity index (χ2v) is 7.64. The number of anilines is 2. The Morgan fingerprint density at radius 3 is 2.58 bits per heavy atom. The van der Waals surface area contributed by atoms with Crippen molar-refractivity contribution in [2.24, 2.45) is 0 Å². The lowest BCUT2D eigenvalue weighted by atomic mass is 10.2. The summed E-state index contributed by atoms with van der Waals surface area (Å²) < 4.78 is 10.7. The molecule has 0 bridgehead atoms. The summed E-state index contributed by atoms with van der Waals surface area (Å²) in [4.78, 5) is 29.6. The van der Waals surface area contributed by atoms with Crippen molar-refractivity contribution < 1.29 is 18.7 Å². The maximum atomic E-state index is 12.6. The Morgan fingerprint density at radius 2 is 1.94 bits per heavy atom. The van der Waals surface area contributed by atoms with E-state index in [4.69, 9.17) is 9.15 Å². The fourth-order valence-electron chi connectivity index (χ4n) is 3.61. The van der Waals surface area contributed by atoms with Gasteiger partial charge >= 0.3 is 0 Å². The average Bonchev–Trinajstić information content (AvgIpc) is 3.31. The number of hydrogen-bond acceptors (Lipinski definition) is 6. The summed E-state index contributed by atoms with van der Waals surface area (Å²) in [6.45, 7) is 11.4. The number of nitrogens with zero attached hydrogens (tertiary/aromatic N) is 2. The number of amides is 2. The van der Waals surface area contributed by atoms with Crippen LogP contribution >= 0.6 is 0 Å². The van der Waals surface area contributed by atoms with E-state index >= 15 is 0 Å². The molecule has 0 unspecified atom stereocenters. The van der Waals surface area contributed by atoms with E-state index in [0.717, 1.165) is 38.4 Å². The highest BCUT2D eigenvalue weighted by molar-refractivity contribution is 6.01. The summed E-state index contributed by atoms with van der Waals surface area (Å²) in [6.07, 6.45) is 3.93. The molecule has 2 heterocycles. The molecule has 1 fully saturated rings. The zero-order valence-electron chi connectivity index (χ0n) is 18.5. The lowest BCUT2D eigenvalue weighted by Crippen LogP contribution is -2.46. The molecule has 1 atom stereocenters. The molecule has 0 spiro atoms. The quantitative estimate of drug-likeness (QED) is 0.639. The zero-order chi connectivity index (χ0) is 22.2. The topological polar surface area (TPSA) is 87.1 Å². The molecule has 0 aliphatic carbocycles. The van der Waals surface area contributed by atoms with Crippen molar-refractivity contribution in [2.45, 2.75) is 33.2 Å². The average molecular weight is 429 g/mol. The van der Waals surface area contributed by atoms with Crippen molar-refractivity contribution >= 4 is 23.2 Å². The van der Waals surface area contributed by atoms with Crippen molar-refractivity contribution in [3.8, 4) is 5.75 Å². The van der Waals surface area contributed by atoms with Gasteiger partial charge in [0.15, 0.2) is 0 Å². The van der Waals surface area contributed by atoms with E-state index in [9.17, 15) is 9.59 Å². The third-order valence-corrected chi connectivity index (χ3v) is 5.32. The van der Waals surface area contributed by atoms with Crippen molar-refractivity contribution in [3.63, 3.8) is 0 Å². The van der Waals surface area contributed by atoms with Gasteiger partial charge in [-0.25, -0.2) is 0 Å². The van der Waals surface area contributed by atoms with Crippen molar-refractivity contribution in [3.05, 3.63) is 42.4 Å². The van der Waals surface area contributed by atoms with Gasteiger partial charge in [0.25, 0.3) is 5.91 Å². The van der Waals surface area contributed by atoms with E-state index in [0.29, 0.717) is 23.6 Å². The lowest BCUT2D eigenvalue weighted by molar-refractivity contribution is -0.117. The summed E-state index contributed by atoms with van der Waals surface area (Å²) >= 11 is 0. The highest BCUT2D eigenvalue weighted by Crippen LogP contribution is 2.31. The van der Waals surface area contributed by atoms with Crippen LogP contribution in [0.25, 0.3) is 0 Å². The highest BCUT2D eigenvalue weighted by Gasteiger charge is 2.21. The maximum absolute atomic E-state index is 12.6. The number of piperazine rings is 1. The van der Waals surface area contributed by atoms with Crippen LogP contribution in [0, 0.1) is 0 Å². The SMILES string of the molecule is CCCN1CCN(c2ccc(NC(=O)[C@H](C)NC(=O)c3ccoc3)c(OCC)c2)CC1. The zero-order valence-corrected chi connectivity index (χ0v) is 18.5. The third-order valence-electron chi connectivity index (χ3n) is 5.32. The molecule has 8 nitrogen and oxygen atoms in total. The molecule has 168 valence electrons. The van der Waals surface area contributed by atoms with Crippen LogP contribution in [-0.4, -0.2) is 62.1 Å². The second kappa shape index (κ2) is 10.9. The van der Waals surface area contributed by atoms with Gasteiger partial charge in [0.05, 0.1) is 24.1 Å². The summed E-state index contributed by atoms with van der Waals surface area (Å²) in [5.41, 5.74) is 2.04. The standard InChI is InChI=1S/C23H32N4O4/c1-4-9-26-10-12-27(13-11-26)19-6-7-20(21(15-19)31-5-2)25-22(28)17(3)24-23(29)18-8-14-30-16-18/h6-8,14-17H,4-5,9-13H2,1-3H3,(H,24,29)(H,25,28)/t17-/m0/s1. The number of furan rings is 1. The molecule has 2 aromatic rings. The molecule has 1 aliphatic rings. The molecule has 1 saturated heterocycles. The number of hydrogen-bond donors (Lipinski definition) is 2. The minimum atomic E-state index is -0.719. The van der Waals surface area contributed by atoms with E-state index < -0.39 is 6.04 Å². The second-order valence-electron chi connectivity index (χ2n) is 7.64. The van der Waals surface area contributed by atoms with Crippen molar-refractivity contribution in [1.82, 2.24) is 10.2 Å². The van der Waals surface area contributed by atoms with Crippen LogP contribution in [0.15, 0.2) is 41.2 Å². The van der Waals surface area contributed by atoms with Crippen LogP contribution in [0.5, 0.6) is 5.75 Å². The maximum Gasteiger partial charge on any atom is 0.255 e. The Morgan fingerprint density at radius 1 is 1.16 bits per heavy atom. The van der Waals surface area contributed by atoms with Crippen LogP contribution in [-0.2, 0) is 4.79 Å². The number of nitrogens with one attached hydrogen (secondary N) is 2. The number of benzene rings is 1. The molecule has 1 aromatic carbocycles. The first-order valence-electron chi connectivity index (χ1n) is 10.9. The number of carbonyl (C=O) groups excluding carboxylic acids is 2. The minimum Gasteiger partial charge on any atom is -0.492 e. The van der Waals surface area contributed by atoms with E-state index in [2.05, 4.69) is 27.4 Å². The van der Waals surface area contributed by atoms with Crippen molar-refractivity contribution in [1.29, 1.82) is 0 Å². The first-order valence-corrected chi connectivity index (χ1v) is 10.9. The van der Waals surface area contributed by atoms with Gasteiger partial charge in [-0.05, 0) is 45.0 Å². The van der Waals surface area contributed by atoms with Crippen LogP contribution in [0.4, 0.5) is 11.4 Å². The monoisotopic (exact) mass is 428 g/mol. The molecular weight excluding hydrogens is 396 g/mol. The number of carbonyl (C=O) groups is 2.